The predicted molar refractivity (Wildman–Crippen MR) is 77.1 cm³/mol. The Bertz CT molecular complexity index is 62.9. The highest BCUT2D eigenvalue weighted by molar-refractivity contribution is 7.16. The quantitative estimate of drug-likeness (QED) is 0.410. The van der Waals surface area contributed by atoms with Crippen molar-refractivity contribution in [3.8, 4) is 0 Å². The first-order chi connectivity index (χ1) is 6.42. The molecule has 0 saturated carbocycles. The molecule has 0 heterocycles. The summed E-state index contributed by atoms with van der Waals surface area (Å²) >= 11 is 0. The third-order valence-electron chi connectivity index (χ3n) is 0.471. The molecule has 0 aliphatic carbocycles. The van der Waals surface area contributed by atoms with Crippen LogP contribution in [0.3, 0.4) is 0 Å². The number of hydrogen-bond donors (Lipinski definition) is 0. The van der Waals surface area contributed by atoms with Crippen molar-refractivity contribution in [1.82, 2.24) is 0 Å². The Kier molecular flexibility index (Phi) is 49.6. The molecule has 0 spiro atoms. The van der Waals surface area contributed by atoms with Gasteiger partial charge in [-0.1, -0.05) is 54.5 Å². The maximum Gasteiger partial charge on any atom is -0.0358 e. The minimum Gasteiger partial charge on any atom is -0.137 e. The van der Waals surface area contributed by atoms with E-state index >= 15 is 0 Å². The van der Waals surface area contributed by atoms with E-state index in [0.29, 0.717) is 0 Å². The van der Waals surface area contributed by atoms with Crippen LogP contribution in [0, 0.1) is 11.8 Å². The molecule has 0 nitrogen and oxygen atoms in total. The zero-order chi connectivity index (χ0) is 12.6. The van der Waals surface area contributed by atoms with E-state index in [1.165, 1.54) is 6.16 Å². The van der Waals surface area contributed by atoms with Gasteiger partial charge in [-0.3, -0.25) is 0 Å². The average molecular weight is 220 g/mol. The molecule has 0 aromatic rings. The molecule has 1 unspecified atom stereocenters. The van der Waals surface area contributed by atoms with Gasteiger partial charge in [-0.15, -0.1) is 15.8 Å². The van der Waals surface area contributed by atoms with Gasteiger partial charge in [-0.2, -0.15) is 0 Å². The summed E-state index contributed by atoms with van der Waals surface area (Å²) in [5.74, 6) is 1.68. The molecule has 1 heteroatoms. The van der Waals surface area contributed by atoms with Crippen LogP contribution in [0.2, 0.25) is 0 Å². The molecular formula is C13H33P. The average Bonchev–Trinajstić information content (AvgIpc) is 2.08. The molecule has 0 rings (SSSR count). The first-order valence-electron chi connectivity index (χ1n) is 5.69. The lowest BCUT2D eigenvalue weighted by Gasteiger charge is -1.90. The van der Waals surface area contributed by atoms with E-state index in [0.717, 1.165) is 11.8 Å². The third kappa shape index (κ3) is 322. The molecule has 0 amide bonds. The fourth-order valence-electron chi connectivity index (χ4n) is 0. The second-order valence-electron chi connectivity index (χ2n) is 3.77. The molecule has 0 bridgehead atoms. The van der Waals surface area contributed by atoms with Crippen molar-refractivity contribution in [2.75, 3.05) is 6.16 Å². The van der Waals surface area contributed by atoms with Crippen LogP contribution in [0.15, 0.2) is 12.7 Å². The van der Waals surface area contributed by atoms with Crippen molar-refractivity contribution >= 4 is 9.24 Å². The van der Waals surface area contributed by atoms with Gasteiger partial charge in [0.1, 0.15) is 0 Å². The predicted octanol–water partition coefficient (Wildman–Crippen LogP) is 5.40. The van der Waals surface area contributed by atoms with E-state index in [2.05, 4.69) is 50.4 Å². The normalized spacial score (nSPS) is 7.36. The summed E-state index contributed by atoms with van der Waals surface area (Å²) in [5, 5.41) is 0. The van der Waals surface area contributed by atoms with Crippen molar-refractivity contribution in [2.24, 2.45) is 11.8 Å². The molecule has 0 saturated heterocycles. The Morgan fingerprint density at radius 1 is 1.07 bits per heavy atom. The molecule has 0 aliphatic rings. The Balaban J connectivity index is -0.0000000505. The smallest absolute Gasteiger partial charge is 0.0358 e. The van der Waals surface area contributed by atoms with Gasteiger partial charge in [0.2, 0.25) is 0 Å². The lowest BCUT2D eigenvalue weighted by Crippen LogP contribution is -1.82. The van der Waals surface area contributed by atoms with E-state index < -0.39 is 0 Å². The van der Waals surface area contributed by atoms with E-state index in [1.807, 2.05) is 20.8 Å². The van der Waals surface area contributed by atoms with Gasteiger partial charge in [0.15, 0.2) is 0 Å². The van der Waals surface area contributed by atoms with Crippen LogP contribution >= 0.6 is 9.24 Å². The van der Waals surface area contributed by atoms with Crippen LogP contribution in [-0.2, 0) is 0 Å². The second-order valence-corrected chi connectivity index (χ2v) is 4.24. The van der Waals surface area contributed by atoms with Crippen LogP contribution in [-0.4, -0.2) is 6.16 Å². The van der Waals surface area contributed by atoms with Gasteiger partial charge in [-0.25, -0.2) is 0 Å². The molecule has 0 aliphatic heterocycles. The van der Waals surface area contributed by atoms with Gasteiger partial charge in [0.05, 0.1) is 0 Å². The molecule has 0 aromatic heterocycles. The van der Waals surface area contributed by atoms with Gasteiger partial charge in [0.25, 0.3) is 0 Å². The second kappa shape index (κ2) is 29.2. The highest BCUT2D eigenvalue weighted by Gasteiger charge is 1.80. The SMILES string of the molecule is C=CC.CC.CC(C)C.CC(C)CP. The molecule has 0 fully saturated rings. The van der Waals surface area contributed by atoms with Crippen molar-refractivity contribution in [1.29, 1.82) is 0 Å². The van der Waals surface area contributed by atoms with Crippen molar-refractivity contribution in [3.05, 3.63) is 12.7 Å². The van der Waals surface area contributed by atoms with Gasteiger partial charge >= 0.3 is 0 Å². The molecule has 90 valence electrons. The summed E-state index contributed by atoms with van der Waals surface area (Å²) in [7, 11) is 2.69. The van der Waals surface area contributed by atoms with E-state index in [-0.39, 0.29) is 0 Å². The number of rotatable bonds is 1. The fraction of sp³-hybridized carbons (Fsp3) is 0.846. The van der Waals surface area contributed by atoms with Crippen molar-refractivity contribution in [3.63, 3.8) is 0 Å². The van der Waals surface area contributed by atoms with Crippen LogP contribution in [0.4, 0.5) is 0 Å². The summed E-state index contributed by atoms with van der Waals surface area (Å²) in [6, 6.07) is 0. The van der Waals surface area contributed by atoms with E-state index in [4.69, 9.17) is 0 Å². The van der Waals surface area contributed by atoms with Gasteiger partial charge in [-0.05, 0) is 24.9 Å². The summed E-state index contributed by atoms with van der Waals surface area (Å²) in [6.45, 7) is 20.2. The van der Waals surface area contributed by atoms with Crippen LogP contribution in [0.25, 0.3) is 0 Å². The Morgan fingerprint density at radius 2 is 1.14 bits per heavy atom. The Hall–Kier alpha value is 0.170. The Morgan fingerprint density at radius 3 is 1.14 bits per heavy atom. The van der Waals surface area contributed by atoms with Gasteiger partial charge in [0, 0.05) is 0 Å². The summed E-state index contributed by atoms with van der Waals surface area (Å²) in [6.07, 6.45) is 2.97. The summed E-state index contributed by atoms with van der Waals surface area (Å²) in [4.78, 5) is 0. The third-order valence-corrected chi connectivity index (χ3v) is 1.41. The maximum atomic E-state index is 3.36. The van der Waals surface area contributed by atoms with Crippen LogP contribution in [0.5, 0.6) is 0 Å². The van der Waals surface area contributed by atoms with Crippen molar-refractivity contribution < 1.29 is 0 Å². The molecule has 0 N–H and O–H groups in total. The summed E-state index contributed by atoms with van der Waals surface area (Å²) in [5.41, 5.74) is 0. The van der Waals surface area contributed by atoms with Crippen molar-refractivity contribution in [2.45, 2.75) is 55.4 Å². The lowest BCUT2D eigenvalue weighted by molar-refractivity contribution is 0.737. The zero-order valence-electron chi connectivity index (χ0n) is 11.7. The maximum absolute atomic E-state index is 3.36. The Labute approximate surface area is 95.8 Å². The number of allylic oxidation sites excluding steroid dienone is 1. The van der Waals surface area contributed by atoms with Crippen LogP contribution in [0.1, 0.15) is 55.4 Å². The lowest BCUT2D eigenvalue weighted by atomic mass is 10.3. The zero-order valence-corrected chi connectivity index (χ0v) is 12.9. The fourth-order valence-corrected chi connectivity index (χ4v) is 0. The number of hydrogen-bond acceptors (Lipinski definition) is 0. The minimum absolute atomic E-state index is 0.833. The monoisotopic (exact) mass is 220 g/mol. The van der Waals surface area contributed by atoms with Gasteiger partial charge < -0.3 is 0 Å². The first-order valence-corrected chi connectivity index (χ1v) is 6.51. The minimum atomic E-state index is 0.833. The molecule has 0 aromatic carbocycles. The molecular weight excluding hydrogens is 187 g/mol. The topological polar surface area (TPSA) is 0 Å². The highest BCUT2D eigenvalue weighted by Crippen LogP contribution is 1.94. The van der Waals surface area contributed by atoms with Crippen LogP contribution < -0.4 is 0 Å². The summed E-state index contributed by atoms with van der Waals surface area (Å²) < 4.78 is 0. The highest BCUT2D eigenvalue weighted by atomic mass is 31.0. The standard InChI is InChI=1S/C4H11P.C4H10.C3H6.C2H6/c1-4(2)3-5;1-4(2)3;1-3-2;1-2/h4H,3,5H2,1-2H3;4H,1-3H3;3H,1H2,2H3;1-2H3. The molecule has 14 heavy (non-hydrogen) atoms. The largest absolute Gasteiger partial charge is 0.137 e. The van der Waals surface area contributed by atoms with E-state index in [9.17, 15) is 0 Å². The van der Waals surface area contributed by atoms with E-state index in [1.54, 1.807) is 6.08 Å². The molecule has 1 atom stereocenters. The first kappa shape index (κ1) is 23.8. The molecule has 0 radical (unpaired) electrons.